The SMILES string of the molecule is CCOCCOC(=O)C1(C(=O)OCCOCC)Oc2ccc(CC(C)NCC(O)c3cccc(Cl)c3)cc2O1. The number of fused-ring (bicyclic) bond motifs is 1. The number of hydrogen-bond acceptors (Lipinski definition) is 10. The second-order valence-corrected chi connectivity index (χ2v) is 9.29. The summed E-state index contributed by atoms with van der Waals surface area (Å²) >= 11 is 6.02. The summed E-state index contributed by atoms with van der Waals surface area (Å²) in [7, 11) is 0. The van der Waals surface area contributed by atoms with E-state index in [1.165, 1.54) is 0 Å². The first-order chi connectivity index (χ1) is 18.8. The lowest BCUT2D eigenvalue weighted by Gasteiger charge is -2.23. The summed E-state index contributed by atoms with van der Waals surface area (Å²) in [6.45, 7) is 6.99. The number of aliphatic hydroxyl groups excluding tert-OH is 1. The Kier molecular flexibility index (Phi) is 11.8. The highest BCUT2D eigenvalue weighted by Gasteiger charge is 2.59. The van der Waals surface area contributed by atoms with Gasteiger partial charge in [0.2, 0.25) is 0 Å². The van der Waals surface area contributed by atoms with Crippen molar-refractivity contribution in [3.63, 3.8) is 0 Å². The molecule has 0 saturated heterocycles. The molecule has 0 bridgehead atoms. The number of aliphatic hydroxyl groups is 1. The first-order valence-corrected chi connectivity index (χ1v) is 13.3. The molecule has 0 spiro atoms. The third kappa shape index (κ3) is 8.55. The molecule has 11 heteroatoms. The van der Waals surface area contributed by atoms with E-state index < -0.39 is 23.8 Å². The van der Waals surface area contributed by atoms with Crippen molar-refractivity contribution < 1.29 is 43.1 Å². The minimum absolute atomic E-state index is 0.0176. The number of benzene rings is 2. The van der Waals surface area contributed by atoms with Crippen LogP contribution >= 0.6 is 11.6 Å². The molecule has 2 unspecified atom stereocenters. The molecule has 0 aliphatic carbocycles. The highest BCUT2D eigenvalue weighted by atomic mass is 35.5. The van der Waals surface area contributed by atoms with Crippen molar-refractivity contribution in [3.8, 4) is 11.5 Å². The molecule has 1 aliphatic rings. The third-order valence-corrected chi connectivity index (χ3v) is 6.05. The zero-order chi connectivity index (χ0) is 28.3. The monoisotopic (exact) mass is 565 g/mol. The van der Waals surface area contributed by atoms with E-state index in [2.05, 4.69) is 5.32 Å². The first kappa shape index (κ1) is 30.6. The maximum atomic E-state index is 13.0. The lowest BCUT2D eigenvalue weighted by atomic mass is 10.1. The van der Waals surface area contributed by atoms with Crippen molar-refractivity contribution >= 4 is 23.5 Å². The second-order valence-electron chi connectivity index (χ2n) is 8.85. The van der Waals surface area contributed by atoms with Gasteiger partial charge in [-0.15, -0.1) is 0 Å². The maximum absolute atomic E-state index is 13.0. The molecular formula is C28H36ClNO9. The number of nitrogens with one attached hydrogen (secondary N) is 1. The van der Waals surface area contributed by atoms with E-state index >= 15 is 0 Å². The summed E-state index contributed by atoms with van der Waals surface area (Å²) in [5.41, 5.74) is 1.59. The van der Waals surface area contributed by atoms with Crippen LogP contribution in [0.25, 0.3) is 0 Å². The Morgan fingerprint density at radius 2 is 1.59 bits per heavy atom. The average Bonchev–Trinajstić information content (AvgIpc) is 3.32. The van der Waals surface area contributed by atoms with Crippen molar-refractivity contribution in [1.29, 1.82) is 0 Å². The van der Waals surface area contributed by atoms with Crippen LogP contribution in [0.2, 0.25) is 5.02 Å². The molecule has 0 saturated carbocycles. The fourth-order valence-electron chi connectivity index (χ4n) is 3.86. The summed E-state index contributed by atoms with van der Waals surface area (Å²) in [5, 5.41) is 14.3. The fourth-order valence-corrected chi connectivity index (χ4v) is 4.06. The van der Waals surface area contributed by atoms with Crippen LogP contribution in [-0.2, 0) is 35.0 Å². The lowest BCUT2D eigenvalue weighted by Crippen LogP contribution is -2.56. The molecule has 0 aromatic heterocycles. The molecular weight excluding hydrogens is 530 g/mol. The van der Waals surface area contributed by atoms with Crippen LogP contribution in [0.4, 0.5) is 0 Å². The maximum Gasteiger partial charge on any atom is 0.453 e. The molecule has 0 fully saturated rings. The van der Waals surface area contributed by atoms with Crippen LogP contribution in [0, 0.1) is 0 Å². The Balaban J connectivity index is 1.64. The molecule has 214 valence electrons. The number of carbonyl (C=O) groups is 2. The average molecular weight is 566 g/mol. The van der Waals surface area contributed by atoms with Crippen molar-refractivity contribution in [2.75, 3.05) is 46.2 Å². The summed E-state index contributed by atoms with van der Waals surface area (Å²) in [4.78, 5) is 26.0. The van der Waals surface area contributed by atoms with Crippen LogP contribution in [0.5, 0.6) is 11.5 Å². The highest BCUT2D eigenvalue weighted by molar-refractivity contribution is 6.30. The van der Waals surface area contributed by atoms with Crippen molar-refractivity contribution in [1.82, 2.24) is 5.32 Å². The molecule has 1 heterocycles. The first-order valence-electron chi connectivity index (χ1n) is 13.0. The summed E-state index contributed by atoms with van der Waals surface area (Å²) in [6, 6.07) is 12.2. The van der Waals surface area contributed by atoms with Crippen LogP contribution < -0.4 is 14.8 Å². The van der Waals surface area contributed by atoms with Gasteiger partial charge in [0.25, 0.3) is 0 Å². The van der Waals surface area contributed by atoms with Gasteiger partial charge in [-0.3, -0.25) is 0 Å². The molecule has 39 heavy (non-hydrogen) atoms. The van der Waals surface area contributed by atoms with Crippen LogP contribution in [0.3, 0.4) is 0 Å². The Bertz CT molecular complexity index is 1070. The minimum Gasteiger partial charge on any atom is -0.457 e. The van der Waals surface area contributed by atoms with Gasteiger partial charge in [0.05, 0.1) is 19.3 Å². The molecule has 10 nitrogen and oxygen atoms in total. The topological polar surface area (TPSA) is 122 Å². The summed E-state index contributed by atoms with van der Waals surface area (Å²) < 4.78 is 32.3. The predicted molar refractivity (Wildman–Crippen MR) is 143 cm³/mol. The van der Waals surface area contributed by atoms with Crippen molar-refractivity contribution in [3.05, 3.63) is 58.6 Å². The van der Waals surface area contributed by atoms with Crippen molar-refractivity contribution in [2.24, 2.45) is 0 Å². The number of esters is 2. The molecule has 0 amide bonds. The van der Waals surface area contributed by atoms with Gasteiger partial charge in [0, 0.05) is 30.8 Å². The number of halogens is 1. The van der Waals surface area contributed by atoms with E-state index in [9.17, 15) is 14.7 Å². The van der Waals surface area contributed by atoms with Crippen LogP contribution in [0.15, 0.2) is 42.5 Å². The number of hydrogen-bond donors (Lipinski definition) is 2. The van der Waals surface area contributed by atoms with E-state index in [-0.39, 0.29) is 44.0 Å². The quantitative estimate of drug-likeness (QED) is 0.178. The molecule has 2 aromatic rings. The van der Waals surface area contributed by atoms with Crippen molar-refractivity contribution in [2.45, 2.75) is 45.1 Å². The highest BCUT2D eigenvalue weighted by Crippen LogP contribution is 2.41. The minimum atomic E-state index is -2.43. The third-order valence-electron chi connectivity index (χ3n) is 5.82. The molecule has 0 radical (unpaired) electrons. The smallest absolute Gasteiger partial charge is 0.453 e. The van der Waals surface area contributed by atoms with E-state index in [1.807, 2.05) is 32.9 Å². The Hall–Kier alpha value is -2.89. The van der Waals surface area contributed by atoms with Gasteiger partial charge in [-0.1, -0.05) is 29.8 Å². The second kappa shape index (κ2) is 15.0. The van der Waals surface area contributed by atoms with Gasteiger partial charge < -0.3 is 38.8 Å². The van der Waals surface area contributed by atoms with Gasteiger partial charge in [0.15, 0.2) is 11.5 Å². The predicted octanol–water partition coefficient (Wildman–Crippen LogP) is 3.22. The Morgan fingerprint density at radius 3 is 2.21 bits per heavy atom. The van der Waals surface area contributed by atoms with Crippen LogP contribution in [0.1, 0.15) is 38.0 Å². The molecule has 2 aromatic carbocycles. The molecule has 1 aliphatic heterocycles. The van der Waals surface area contributed by atoms with Crippen LogP contribution in [-0.4, -0.2) is 75.1 Å². The largest absolute Gasteiger partial charge is 0.457 e. The zero-order valence-corrected chi connectivity index (χ0v) is 23.2. The van der Waals surface area contributed by atoms with Gasteiger partial charge in [-0.05, 0) is 62.6 Å². The summed E-state index contributed by atoms with van der Waals surface area (Å²) in [6.07, 6.45) is -0.144. The molecule has 3 rings (SSSR count). The number of carbonyl (C=O) groups excluding carboxylic acids is 2. The summed E-state index contributed by atoms with van der Waals surface area (Å²) in [5.74, 6) is -4.08. The Morgan fingerprint density at radius 1 is 0.949 bits per heavy atom. The zero-order valence-electron chi connectivity index (χ0n) is 22.4. The van der Waals surface area contributed by atoms with E-state index in [1.54, 1.807) is 30.3 Å². The molecule has 2 atom stereocenters. The standard InChI is InChI=1S/C28H36ClNO9/c1-4-34-11-13-36-26(32)28(27(33)37-14-12-35-5-2)38-24-10-9-20(16-25(24)39-28)15-19(3)30-18-23(31)21-7-6-8-22(29)17-21/h6-10,16-17,19,23,30-31H,4-5,11-15,18H2,1-3H3. The fraction of sp³-hybridized carbons (Fsp3) is 0.500. The van der Waals surface area contributed by atoms with Gasteiger partial charge >= 0.3 is 17.7 Å². The van der Waals surface area contributed by atoms with E-state index in [0.29, 0.717) is 31.2 Å². The van der Waals surface area contributed by atoms with E-state index in [4.69, 9.17) is 40.0 Å². The van der Waals surface area contributed by atoms with Gasteiger partial charge in [-0.2, -0.15) is 0 Å². The molecule has 2 N–H and O–H groups in total. The number of ether oxygens (including phenoxy) is 6. The normalized spacial score (nSPS) is 15.0. The number of rotatable bonds is 16. The Labute approximate surface area is 233 Å². The van der Waals surface area contributed by atoms with E-state index in [0.717, 1.165) is 11.1 Å². The van der Waals surface area contributed by atoms with Gasteiger partial charge in [-0.25, -0.2) is 9.59 Å². The van der Waals surface area contributed by atoms with Gasteiger partial charge in [0.1, 0.15) is 13.2 Å². The lowest BCUT2D eigenvalue weighted by molar-refractivity contribution is -0.204.